The molecule has 1 nitrogen and oxygen atoms in total. The van der Waals surface area contributed by atoms with Gasteiger partial charge in [0.15, 0.2) is 0 Å². The summed E-state index contributed by atoms with van der Waals surface area (Å²) in [5, 5.41) is 9.06. The summed E-state index contributed by atoms with van der Waals surface area (Å²) in [6, 6.07) is 0. The van der Waals surface area contributed by atoms with Gasteiger partial charge >= 0.3 is 0 Å². The van der Waals surface area contributed by atoms with Gasteiger partial charge in [-0.05, 0) is 6.92 Å². The van der Waals surface area contributed by atoms with E-state index in [9.17, 15) is 17.6 Å². The smallest absolute Gasteiger partial charge is 0.277 e. The molecule has 1 atom stereocenters. The summed E-state index contributed by atoms with van der Waals surface area (Å²) < 4.78 is 54.9. The van der Waals surface area contributed by atoms with E-state index in [0.29, 0.717) is 0 Å². The maximum absolute atomic E-state index is 13.7. The lowest BCUT2D eigenvalue weighted by atomic mass is 9.43. The van der Waals surface area contributed by atoms with Gasteiger partial charge in [0.1, 0.15) is 6.10 Å². The maximum Gasteiger partial charge on any atom is 0.277 e. The zero-order chi connectivity index (χ0) is 15.2. The molecule has 110 valence electrons. The number of hydrogen-bond acceptors (Lipinski definition) is 1. The third kappa shape index (κ3) is 1.95. The molecule has 0 aromatic rings. The van der Waals surface area contributed by atoms with Crippen LogP contribution in [0.5, 0.6) is 0 Å². The molecule has 0 saturated heterocycles. The van der Waals surface area contributed by atoms with E-state index < -0.39 is 34.7 Å². The number of halogens is 4. The van der Waals surface area contributed by atoms with Gasteiger partial charge in [0.2, 0.25) is 0 Å². The van der Waals surface area contributed by atoms with E-state index in [-0.39, 0.29) is 0 Å². The fourth-order valence-electron chi connectivity index (χ4n) is 3.22. The molecule has 0 radical (unpaired) electrons. The van der Waals surface area contributed by atoms with Gasteiger partial charge < -0.3 is 5.11 Å². The van der Waals surface area contributed by atoms with E-state index in [1.807, 2.05) is 13.8 Å². The van der Waals surface area contributed by atoms with Crippen LogP contribution in [0.25, 0.3) is 0 Å². The van der Waals surface area contributed by atoms with Crippen LogP contribution in [0.3, 0.4) is 0 Å². The summed E-state index contributed by atoms with van der Waals surface area (Å²) >= 11 is 0. The summed E-state index contributed by atoms with van der Waals surface area (Å²) in [4.78, 5) is 0. The number of aliphatic hydroxyl groups excluding tert-OH is 1. The third-order valence-corrected chi connectivity index (χ3v) is 4.00. The van der Waals surface area contributed by atoms with Gasteiger partial charge in [0, 0.05) is 16.7 Å². The second-order valence-corrected chi connectivity index (χ2v) is 5.80. The molecule has 0 spiro atoms. The molecule has 0 bridgehead atoms. The zero-order valence-electron chi connectivity index (χ0n) is 12.1. The average Bonchev–Trinajstić information content (AvgIpc) is 2.18. The SMILES string of the molecule is CC.CC(O)C(F)(F)C1C(C)(C)C(F)(F)C1(C)C. The van der Waals surface area contributed by atoms with Gasteiger partial charge in [-0.2, -0.15) is 0 Å². The highest BCUT2D eigenvalue weighted by Crippen LogP contribution is 2.72. The molecule has 0 amide bonds. The lowest BCUT2D eigenvalue weighted by Gasteiger charge is -2.65. The maximum atomic E-state index is 13.7. The molecule has 0 aromatic heterocycles. The number of alkyl halides is 4. The molecule has 1 unspecified atom stereocenters. The Morgan fingerprint density at radius 2 is 1.28 bits per heavy atom. The van der Waals surface area contributed by atoms with Crippen molar-refractivity contribution >= 4 is 0 Å². The van der Waals surface area contributed by atoms with Crippen LogP contribution in [0.2, 0.25) is 0 Å². The minimum Gasteiger partial charge on any atom is -0.387 e. The van der Waals surface area contributed by atoms with E-state index in [1.54, 1.807) is 0 Å². The van der Waals surface area contributed by atoms with Crippen molar-refractivity contribution < 1.29 is 22.7 Å². The second-order valence-electron chi connectivity index (χ2n) is 5.80. The summed E-state index contributed by atoms with van der Waals surface area (Å²) in [5.41, 5.74) is -3.62. The van der Waals surface area contributed by atoms with Crippen LogP contribution in [0.1, 0.15) is 48.5 Å². The normalized spacial score (nSPS) is 26.7. The summed E-state index contributed by atoms with van der Waals surface area (Å²) in [6.45, 7) is 9.43. The first-order chi connectivity index (χ1) is 7.81. The van der Waals surface area contributed by atoms with Crippen LogP contribution >= 0.6 is 0 Å². The zero-order valence-corrected chi connectivity index (χ0v) is 12.1. The van der Waals surface area contributed by atoms with Gasteiger partial charge in [0.05, 0.1) is 0 Å². The van der Waals surface area contributed by atoms with Crippen molar-refractivity contribution in [2.45, 2.75) is 66.4 Å². The lowest BCUT2D eigenvalue weighted by molar-refractivity contribution is -0.380. The molecule has 18 heavy (non-hydrogen) atoms. The standard InChI is InChI=1S/C11H18F4O.C2H6/c1-6(16)10(12,13)7-8(2,3)11(14,15)9(7,4)5;1-2/h6-7,16H,1-5H3;1-2H3. The molecule has 0 aliphatic heterocycles. The van der Waals surface area contributed by atoms with Gasteiger partial charge in [-0.15, -0.1) is 0 Å². The van der Waals surface area contributed by atoms with E-state index in [1.165, 1.54) is 0 Å². The van der Waals surface area contributed by atoms with Crippen LogP contribution in [-0.4, -0.2) is 23.1 Å². The fraction of sp³-hybridized carbons (Fsp3) is 1.00. The minimum atomic E-state index is -3.51. The average molecular weight is 272 g/mol. The molecular formula is C13H24F4O. The number of hydrogen-bond donors (Lipinski definition) is 1. The van der Waals surface area contributed by atoms with Crippen molar-refractivity contribution in [2.75, 3.05) is 0 Å². The Kier molecular flexibility index (Phi) is 4.57. The van der Waals surface area contributed by atoms with Gasteiger partial charge in [-0.1, -0.05) is 41.5 Å². The third-order valence-electron chi connectivity index (χ3n) is 4.00. The van der Waals surface area contributed by atoms with E-state index >= 15 is 0 Å². The van der Waals surface area contributed by atoms with Crippen LogP contribution < -0.4 is 0 Å². The molecule has 1 rings (SSSR count). The summed E-state index contributed by atoms with van der Waals surface area (Å²) in [7, 11) is 0. The molecule has 1 fully saturated rings. The second kappa shape index (κ2) is 4.66. The van der Waals surface area contributed by atoms with Crippen molar-refractivity contribution in [1.29, 1.82) is 0 Å². The Labute approximate surface area is 107 Å². The molecule has 0 heterocycles. The quantitative estimate of drug-likeness (QED) is 0.741. The molecular weight excluding hydrogens is 248 g/mol. The highest BCUT2D eigenvalue weighted by Gasteiger charge is 2.81. The Morgan fingerprint density at radius 3 is 1.50 bits per heavy atom. The van der Waals surface area contributed by atoms with Gasteiger partial charge in [-0.3, -0.25) is 0 Å². The first-order valence-electron chi connectivity index (χ1n) is 6.25. The Hall–Kier alpha value is -0.320. The van der Waals surface area contributed by atoms with Crippen molar-refractivity contribution in [1.82, 2.24) is 0 Å². The monoisotopic (exact) mass is 272 g/mol. The molecule has 1 aliphatic rings. The van der Waals surface area contributed by atoms with Crippen molar-refractivity contribution in [3.05, 3.63) is 0 Å². The molecule has 1 saturated carbocycles. The Morgan fingerprint density at radius 1 is 1.00 bits per heavy atom. The predicted octanol–water partition coefficient (Wildman–Crippen LogP) is 4.35. The van der Waals surface area contributed by atoms with Gasteiger partial charge in [-0.25, -0.2) is 17.6 Å². The Balaban J connectivity index is 0.00000137. The van der Waals surface area contributed by atoms with Crippen molar-refractivity contribution in [3.63, 3.8) is 0 Å². The topological polar surface area (TPSA) is 20.2 Å². The lowest BCUT2D eigenvalue weighted by Crippen LogP contribution is -2.74. The predicted molar refractivity (Wildman–Crippen MR) is 64.0 cm³/mol. The van der Waals surface area contributed by atoms with Crippen LogP contribution in [-0.2, 0) is 0 Å². The number of aliphatic hydroxyl groups is 1. The molecule has 0 aromatic carbocycles. The highest BCUT2D eigenvalue weighted by atomic mass is 19.3. The van der Waals surface area contributed by atoms with Crippen molar-refractivity contribution in [2.24, 2.45) is 16.7 Å². The Bertz CT molecular complexity index is 266. The summed E-state index contributed by atoms with van der Waals surface area (Å²) in [6.07, 6.45) is -1.92. The van der Waals surface area contributed by atoms with Gasteiger partial charge in [0.25, 0.3) is 11.8 Å². The molecule has 1 N–H and O–H groups in total. The summed E-state index contributed by atoms with van der Waals surface area (Å²) in [5.74, 6) is -8.21. The van der Waals surface area contributed by atoms with E-state index in [0.717, 1.165) is 34.6 Å². The largest absolute Gasteiger partial charge is 0.387 e. The van der Waals surface area contributed by atoms with Crippen LogP contribution in [0.15, 0.2) is 0 Å². The van der Waals surface area contributed by atoms with E-state index in [2.05, 4.69) is 0 Å². The first-order valence-corrected chi connectivity index (χ1v) is 6.25. The van der Waals surface area contributed by atoms with Crippen molar-refractivity contribution in [3.8, 4) is 0 Å². The number of rotatable bonds is 2. The molecule has 5 heteroatoms. The highest BCUT2D eigenvalue weighted by molar-refractivity contribution is 5.19. The fourth-order valence-corrected chi connectivity index (χ4v) is 3.22. The van der Waals surface area contributed by atoms with E-state index in [4.69, 9.17) is 5.11 Å². The van der Waals surface area contributed by atoms with Crippen LogP contribution in [0, 0.1) is 16.7 Å². The minimum absolute atomic E-state index is 0.933. The first kappa shape index (κ1) is 17.7. The van der Waals surface area contributed by atoms with Crippen LogP contribution in [0.4, 0.5) is 17.6 Å². The molecule has 1 aliphatic carbocycles.